The molecule has 3 amide bonds. The van der Waals surface area contributed by atoms with Gasteiger partial charge < -0.3 is 63.4 Å². The number of non-ortho nitro benzene ring substituents is 2. The number of nitro groups is 2. The van der Waals surface area contributed by atoms with Crippen molar-refractivity contribution in [3.05, 3.63) is 487 Å². The number of nitrogens with zero attached hydrogens (tertiary/aromatic N) is 4. The highest BCUT2D eigenvalue weighted by molar-refractivity contribution is 8.00. The van der Waals surface area contributed by atoms with Gasteiger partial charge in [0.1, 0.15) is 0 Å². The molecular weight excluding hydrogens is 2030 g/mol. The van der Waals surface area contributed by atoms with Crippen molar-refractivity contribution < 1.29 is 29.0 Å². The van der Waals surface area contributed by atoms with Crippen molar-refractivity contribution in [2.75, 3.05) is 38.5 Å². The topological polar surface area (TPSA) is 471 Å². The SMILES string of the molecule is C.C.C.C.Cl.Cl.Clc1ccnc2ccccc12.Nc1ccc(C(=O)Nc2ccc(Sc3cc[nH]c(=O)c3)cc2)cc1.Nc1ccc(S)cc1.Nc1ccc(Sc2cc[nH]c(=O)c2)cc1.O=C(Cl)c1ccc([N+](=O)[O-])cc1.O=C(Nc1ccc(Sc2cc[nH]c(=O)c2)cc1)c1ccc(Nc2ccnc3ccccc23)cc1.O=C(Nc1ccc(Sc2cc[nH]c(=O)c2)cc1)c1ccc([N+](=O)[O-])cc1.O=c1cc(Cl)cc[nH]1. The zero-order chi connectivity index (χ0) is 98.2. The molecule has 0 unspecified atom stereocenters. The summed E-state index contributed by atoms with van der Waals surface area (Å²) in [5.74, 6) is -0.726. The predicted octanol–water partition coefficient (Wildman–Crippen LogP) is 26.1. The monoisotopic (exact) mass is 2120 g/mol. The number of rotatable bonds is 19. The number of carbonyl (C=O) groups excluding carboxylic acids is 4. The highest BCUT2D eigenvalue weighted by Crippen LogP contribution is 2.33. The van der Waals surface area contributed by atoms with Gasteiger partial charge in [-0.15, -0.1) is 37.4 Å². The molecule has 0 aliphatic carbocycles. The van der Waals surface area contributed by atoms with Crippen molar-refractivity contribution in [1.29, 1.82) is 0 Å². The van der Waals surface area contributed by atoms with Crippen LogP contribution < -0.4 is 66.3 Å². The van der Waals surface area contributed by atoms with E-state index in [1.807, 2.05) is 194 Å². The molecule has 0 saturated heterocycles. The first kappa shape index (κ1) is 119. The van der Waals surface area contributed by atoms with Crippen LogP contribution in [0.25, 0.3) is 21.8 Å². The zero-order valence-electron chi connectivity index (χ0n) is 72.7. The Hall–Kier alpha value is -15.7. The number of para-hydroxylation sites is 2. The number of hydrogen-bond donors (Lipinski definition) is 13. The molecule has 0 saturated carbocycles. The Bertz CT molecular complexity index is 7460. The maximum absolute atomic E-state index is 12.7. The van der Waals surface area contributed by atoms with Crippen molar-refractivity contribution in [3.8, 4) is 0 Å². The summed E-state index contributed by atoms with van der Waals surface area (Å²) >= 11 is 26.5. The Morgan fingerprint density at radius 2 is 0.618 bits per heavy atom. The molecule has 0 aliphatic rings. The molecule has 740 valence electrons. The number of aromatic nitrogens is 7. The van der Waals surface area contributed by atoms with E-state index in [1.165, 1.54) is 114 Å². The molecule has 0 fully saturated rings. The molecule has 0 radical (unpaired) electrons. The van der Waals surface area contributed by atoms with E-state index in [1.54, 1.807) is 122 Å². The van der Waals surface area contributed by atoms with Crippen LogP contribution in [0, 0.1) is 20.2 Å². The van der Waals surface area contributed by atoms with E-state index < -0.39 is 15.1 Å². The summed E-state index contributed by atoms with van der Waals surface area (Å²) in [4.78, 5) is 152. The highest BCUT2D eigenvalue weighted by Gasteiger charge is 2.15. The summed E-state index contributed by atoms with van der Waals surface area (Å²) in [5.41, 5.74) is 25.3. The van der Waals surface area contributed by atoms with Gasteiger partial charge in [-0.1, -0.05) is 136 Å². The number of fused-ring (bicyclic) bond motifs is 2. The number of hydrogen-bond acceptors (Lipinski definition) is 24. The third-order valence-corrected chi connectivity index (χ3v) is 23.3. The number of anilines is 8. The van der Waals surface area contributed by atoms with E-state index in [0.29, 0.717) is 44.5 Å². The van der Waals surface area contributed by atoms with Gasteiger partial charge in [0.05, 0.1) is 25.9 Å². The normalized spacial score (nSPS) is 9.75. The summed E-state index contributed by atoms with van der Waals surface area (Å²) in [5, 5.41) is 35.3. The Balaban J connectivity index is 0.000000301. The van der Waals surface area contributed by atoms with Crippen molar-refractivity contribution >= 4 is 221 Å². The number of nitrogen functional groups attached to an aromatic ring is 3. The molecule has 15 N–H and O–H groups in total. The lowest BCUT2D eigenvalue weighted by molar-refractivity contribution is -0.385. The quantitative estimate of drug-likeness (QED) is 0.0118. The van der Waals surface area contributed by atoms with Crippen LogP contribution in [-0.2, 0) is 0 Å². The molecule has 144 heavy (non-hydrogen) atoms. The maximum Gasteiger partial charge on any atom is 0.269 e. The lowest BCUT2D eigenvalue weighted by atomic mass is 10.1. The number of thiol groups is 1. The van der Waals surface area contributed by atoms with Gasteiger partial charge >= 0.3 is 0 Å². The first-order chi connectivity index (χ1) is 66.5. The predicted molar refractivity (Wildman–Crippen MR) is 596 cm³/mol. The Morgan fingerprint density at radius 3 is 0.938 bits per heavy atom. The van der Waals surface area contributed by atoms with Gasteiger partial charge in [-0.05, 0) is 260 Å². The minimum Gasteiger partial charge on any atom is -0.399 e. The van der Waals surface area contributed by atoms with Crippen LogP contribution in [-0.4, -0.2) is 67.7 Å². The van der Waals surface area contributed by atoms with Gasteiger partial charge in [-0.25, -0.2) is 0 Å². The van der Waals surface area contributed by atoms with Gasteiger partial charge in [-0.2, -0.15) is 0 Å². The lowest BCUT2D eigenvalue weighted by Crippen LogP contribution is -2.11. The summed E-state index contributed by atoms with van der Waals surface area (Å²) in [6.07, 6.45) is 11.5. The summed E-state index contributed by atoms with van der Waals surface area (Å²) in [6.45, 7) is 0. The Labute approximate surface area is 877 Å². The van der Waals surface area contributed by atoms with E-state index in [2.05, 4.69) is 68.8 Å². The fraction of sp³-hybridized carbons (Fsp3) is 0.0381. The minimum absolute atomic E-state index is 0. The van der Waals surface area contributed by atoms with E-state index in [0.717, 1.165) is 93.6 Å². The van der Waals surface area contributed by atoms with Crippen LogP contribution in [0.15, 0.2) is 451 Å². The number of aromatic amines is 5. The van der Waals surface area contributed by atoms with E-state index in [4.69, 9.17) is 52.0 Å². The van der Waals surface area contributed by atoms with Crippen LogP contribution in [0.2, 0.25) is 10.0 Å². The molecule has 11 aromatic carbocycles. The third-order valence-electron chi connectivity index (χ3n) is 18.3. The molecule has 7 aromatic heterocycles. The largest absolute Gasteiger partial charge is 0.399 e. The minimum atomic E-state index is -0.620. The third kappa shape index (κ3) is 40.1. The number of H-pyrrole nitrogens is 5. The summed E-state index contributed by atoms with van der Waals surface area (Å²) < 4.78 is 0. The summed E-state index contributed by atoms with van der Waals surface area (Å²) in [7, 11) is 0. The van der Waals surface area contributed by atoms with Gasteiger partial charge in [0.25, 0.3) is 34.3 Å². The molecule has 0 spiro atoms. The van der Waals surface area contributed by atoms with Crippen LogP contribution >= 0.6 is 119 Å². The first-order valence-corrected chi connectivity index (χ1v) is 45.6. The van der Waals surface area contributed by atoms with Crippen molar-refractivity contribution in [3.63, 3.8) is 0 Å². The molecule has 0 bridgehead atoms. The average Bonchev–Trinajstić information content (AvgIpc) is 0.820. The molecule has 39 heteroatoms. The number of carbonyl (C=O) groups is 4. The van der Waals surface area contributed by atoms with Crippen LogP contribution in [0.3, 0.4) is 0 Å². The Kier molecular flexibility index (Phi) is 50.4. The van der Waals surface area contributed by atoms with Crippen molar-refractivity contribution in [2.24, 2.45) is 0 Å². The van der Waals surface area contributed by atoms with E-state index in [9.17, 15) is 63.4 Å². The molecule has 0 aliphatic heterocycles. The number of pyridine rings is 7. The van der Waals surface area contributed by atoms with Gasteiger partial charge in [0, 0.05) is 226 Å². The van der Waals surface area contributed by atoms with Crippen molar-refractivity contribution in [1.82, 2.24) is 34.9 Å². The fourth-order valence-electron chi connectivity index (χ4n) is 11.6. The second kappa shape index (κ2) is 61.1. The zero-order valence-corrected chi connectivity index (χ0v) is 80.8. The fourth-order valence-corrected chi connectivity index (χ4v) is 15.6. The Morgan fingerprint density at radius 1 is 0.333 bits per heavy atom. The van der Waals surface area contributed by atoms with E-state index >= 15 is 0 Å². The number of amides is 3. The highest BCUT2D eigenvalue weighted by atomic mass is 35.5. The molecule has 18 rings (SSSR count). The average molecular weight is 2130 g/mol. The molecule has 0 atom stereocenters. The number of nitrogens with one attached hydrogen (secondary N) is 9. The standard InChI is InChI=1S/C27H20N4O2S.C18H13N3O4S.C18H15N3O2S.C11H10N2OS.C9H6ClN.C7H4ClNO3.C6H7NS.C5H4ClNO.4CH4.2ClH/c32-26-17-22(13-15-29-26)34-21-11-9-20(10-12-21)31-27(33)18-5-7-19(8-6-18)30-25-14-16-28-24-4-2-1-3-23(24)25;22-17-11-16(9-10-19-17)26-15-7-3-13(4-8-15)20-18(23)12-1-5-14(6-2-12)21(24)25;19-13-3-1-12(2-4-13)18(23)21-14-5-7-15(8-6-14)24-16-9-10-20-17(22)11-16;12-8-1-3-9(4-2-8)15-10-5-6-13-11(14)7-10;10-8-5-6-11-9-4-2-1-3-7(8)9;8-7(10)5-1-3-6(4-2-5)9(11)12;7-5-1-3-6(8)4-2-5;6-4-1-2-7-5(8)3-4;;;;;;/h1-17H,(H,28,30)(H,29,32)(H,31,33);1-11H,(H,19,22)(H,20,23);1-11H,19H2,(H,20,22)(H,21,23);1-7H,12H2,(H,13,14);1-6H;1-4H;1-4,8H,7H2;1-3H,(H,7,8);4*1H4;2*1H. The van der Waals surface area contributed by atoms with Gasteiger partial charge in [-0.3, -0.25) is 73.3 Å². The number of halogens is 5. The number of nitrogens with two attached hydrogens (primary N) is 3. The lowest BCUT2D eigenvalue weighted by Gasteiger charge is -2.10. The van der Waals surface area contributed by atoms with Gasteiger partial charge in [0.2, 0.25) is 27.8 Å². The second-order valence-electron chi connectivity index (χ2n) is 28.3. The molecular formula is C105H97Cl5N16O13S5. The number of benzene rings is 11. The van der Waals surface area contributed by atoms with Crippen LogP contribution in [0.4, 0.5) is 56.9 Å². The maximum atomic E-state index is 12.7. The summed E-state index contributed by atoms with van der Waals surface area (Å²) in [6, 6.07) is 97.5. The van der Waals surface area contributed by atoms with Crippen molar-refractivity contribution in [2.45, 2.75) is 73.8 Å². The second-order valence-corrected chi connectivity index (χ2v) is 34.6. The number of nitro benzene ring substituents is 2. The van der Waals surface area contributed by atoms with Gasteiger partial charge in [0.15, 0.2) is 0 Å². The smallest absolute Gasteiger partial charge is 0.269 e. The van der Waals surface area contributed by atoms with Crippen LogP contribution in [0.5, 0.6) is 0 Å². The molecule has 29 nitrogen and oxygen atoms in total. The molecule has 7 heterocycles. The first-order valence-electron chi connectivity index (χ1n) is 40.7. The van der Waals surface area contributed by atoms with Crippen LogP contribution in [0.1, 0.15) is 71.1 Å². The molecule has 18 aromatic rings. The van der Waals surface area contributed by atoms with E-state index in [-0.39, 0.29) is 117 Å².